The number of aryl methyl sites for hydroxylation is 1. The van der Waals surface area contributed by atoms with Gasteiger partial charge in [-0.3, -0.25) is 9.48 Å². The number of H-pyrrole nitrogens is 1. The van der Waals surface area contributed by atoms with E-state index in [2.05, 4.69) is 15.4 Å². The number of nitrogens with one attached hydrogen (secondary N) is 3. The van der Waals surface area contributed by atoms with Crippen LogP contribution in [0.1, 0.15) is 25.6 Å². The van der Waals surface area contributed by atoms with Gasteiger partial charge in [0, 0.05) is 12.2 Å². The lowest BCUT2D eigenvalue weighted by Crippen LogP contribution is -2.14. The predicted molar refractivity (Wildman–Crippen MR) is 108 cm³/mol. The van der Waals surface area contributed by atoms with Crippen LogP contribution >= 0.6 is 0 Å². The first-order valence-electron chi connectivity index (χ1n) is 8.70. The Morgan fingerprint density at radius 2 is 2.26 bits per heavy atom. The minimum Gasteiger partial charge on any atom is -0.405 e. The molecule has 8 heteroatoms. The van der Waals surface area contributed by atoms with Gasteiger partial charge in [0.25, 0.3) is 5.56 Å². The minimum atomic E-state index is -0.206. The second kappa shape index (κ2) is 7.45. The molecule has 27 heavy (non-hydrogen) atoms. The Morgan fingerprint density at radius 3 is 2.93 bits per heavy atom. The Hall–Kier alpha value is -3.42. The van der Waals surface area contributed by atoms with Crippen LogP contribution in [0.25, 0.3) is 22.3 Å². The molecule has 3 heterocycles. The molecule has 0 aliphatic rings. The molecule has 3 rings (SSSR count). The average Bonchev–Trinajstić information content (AvgIpc) is 2.98. The van der Waals surface area contributed by atoms with Gasteiger partial charge >= 0.3 is 0 Å². The van der Waals surface area contributed by atoms with E-state index in [0.717, 1.165) is 22.4 Å². The molecule has 0 aliphatic heterocycles. The quantitative estimate of drug-likeness (QED) is 0.500. The fourth-order valence-electron chi connectivity index (χ4n) is 2.92. The molecule has 0 saturated heterocycles. The fourth-order valence-corrected chi connectivity index (χ4v) is 2.92. The molecule has 0 unspecified atom stereocenters. The van der Waals surface area contributed by atoms with Crippen molar-refractivity contribution < 1.29 is 0 Å². The summed E-state index contributed by atoms with van der Waals surface area (Å²) in [5, 5.41) is 15.8. The molecule has 140 valence electrons. The lowest BCUT2D eigenvalue weighted by molar-refractivity contribution is 0.547. The van der Waals surface area contributed by atoms with Gasteiger partial charge in [0.1, 0.15) is 11.0 Å². The highest BCUT2D eigenvalue weighted by Gasteiger charge is 2.18. The summed E-state index contributed by atoms with van der Waals surface area (Å²) in [7, 11) is 0. The zero-order valence-electron chi connectivity index (χ0n) is 15.6. The largest absolute Gasteiger partial charge is 0.405 e. The lowest BCUT2D eigenvalue weighted by Gasteiger charge is -2.13. The van der Waals surface area contributed by atoms with Crippen LogP contribution in [0.15, 0.2) is 41.5 Å². The van der Waals surface area contributed by atoms with E-state index < -0.39 is 0 Å². The van der Waals surface area contributed by atoms with Gasteiger partial charge < -0.3 is 21.4 Å². The normalized spacial score (nSPS) is 11.6. The summed E-state index contributed by atoms with van der Waals surface area (Å²) in [6.07, 6.45) is 4.45. The Bertz CT molecular complexity index is 1080. The highest BCUT2D eigenvalue weighted by atomic mass is 16.1. The summed E-state index contributed by atoms with van der Waals surface area (Å²) in [6.45, 7) is 6.28. The van der Waals surface area contributed by atoms with Crippen molar-refractivity contribution in [2.24, 2.45) is 5.73 Å². The van der Waals surface area contributed by atoms with Crippen molar-refractivity contribution in [3.63, 3.8) is 0 Å². The van der Waals surface area contributed by atoms with Crippen molar-refractivity contribution in [2.75, 3.05) is 11.9 Å². The molecule has 0 aliphatic carbocycles. The number of hydrogen-bond donors (Lipinski definition) is 4. The number of aromatic nitrogens is 4. The molecule has 5 N–H and O–H groups in total. The molecule has 0 amide bonds. The molecule has 0 atom stereocenters. The van der Waals surface area contributed by atoms with Crippen LogP contribution in [0, 0.1) is 12.3 Å². The van der Waals surface area contributed by atoms with Crippen LogP contribution in [0.2, 0.25) is 0 Å². The van der Waals surface area contributed by atoms with E-state index in [-0.39, 0.29) is 11.6 Å². The number of anilines is 1. The summed E-state index contributed by atoms with van der Waals surface area (Å²) in [4.78, 5) is 19.6. The molecule has 0 spiro atoms. The van der Waals surface area contributed by atoms with Gasteiger partial charge in [-0.2, -0.15) is 5.10 Å². The minimum absolute atomic E-state index is 0.137. The average molecular weight is 365 g/mol. The Labute approximate surface area is 156 Å². The Kier molecular flexibility index (Phi) is 5.07. The van der Waals surface area contributed by atoms with Gasteiger partial charge in [-0.1, -0.05) is 0 Å². The monoisotopic (exact) mass is 365 g/mol. The van der Waals surface area contributed by atoms with E-state index in [0.29, 0.717) is 23.5 Å². The first-order valence-corrected chi connectivity index (χ1v) is 8.70. The molecule has 0 fully saturated rings. The molecule has 0 aromatic carbocycles. The molecule has 3 aromatic rings. The number of rotatable bonds is 6. The highest BCUT2D eigenvalue weighted by Crippen LogP contribution is 2.30. The van der Waals surface area contributed by atoms with Gasteiger partial charge in [-0.15, -0.1) is 0 Å². The van der Waals surface area contributed by atoms with Gasteiger partial charge in [0.2, 0.25) is 0 Å². The zero-order valence-corrected chi connectivity index (χ0v) is 15.6. The Morgan fingerprint density at radius 1 is 1.48 bits per heavy atom. The van der Waals surface area contributed by atoms with E-state index in [4.69, 9.17) is 16.1 Å². The van der Waals surface area contributed by atoms with Crippen molar-refractivity contribution in [1.82, 2.24) is 19.7 Å². The summed E-state index contributed by atoms with van der Waals surface area (Å²) >= 11 is 0. The van der Waals surface area contributed by atoms with Crippen molar-refractivity contribution >= 4 is 22.4 Å². The lowest BCUT2D eigenvalue weighted by atomic mass is 10.1. The summed E-state index contributed by atoms with van der Waals surface area (Å²) in [5.74, 6) is 0. The van der Waals surface area contributed by atoms with Gasteiger partial charge in [-0.25, -0.2) is 4.98 Å². The standard InChI is InChI=1S/C19H23N7O/c1-11(2)26-18-16(23-10-13(21)6-7-20)9-15(24-17(18)12(3)25-26)14-5-4-8-22-19(14)27/h4-9,11,21H,10,20H2,1-3H3,(H,22,27)(H,23,24)/b7-6-,21-13?. The molecule has 0 radical (unpaired) electrons. The first-order chi connectivity index (χ1) is 12.9. The van der Waals surface area contributed by atoms with Crippen LogP contribution in [-0.4, -0.2) is 32.0 Å². The molecule has 0 saturated carbocycles. The number of aromatic amines is 1. The molecular weight excluding hydrogens is 342 g/mol. The molecule has 8 nitrogen and oxygen atoms in total. The highest BCUT2D eigenvalue weighted by molar-refractivity contribution is 5.98. The van der Waals surface area contributed by atoms with Crippen LogP contribution in [0.3, 0.4) is 0 Å². The van der Waals surface area contributed by atoms with E-state index in [9.17, 15) is 4.79 Å². The van der Waals surface area contributed by atoms with Crippen LogP contribution in [0.5, 0.6) is 0 Å². The topological polar surface area (TPSA) is 125 Å². The third-order valence-corrected chi connectivity index (χ3v) is 4.17. The summed E-state index contributed by atoms with van der Waals surface area (Å²) in [5.41, 5.74) is 9.67. The maximum Gasteiger partial charge on any atom is 0.257 e. The zero-order chi connectivity index (χ0) is 19.6. The van der Waals surface area contributed by atoms with Gasteiger partial charge in [0.05, 0.1) is 34.9 Å². The van der Waals surface area contributed by atoms with Crippen LogP contribution in [-0.2, 0) is 0 Å². The van der Waals surface area contributed by atoms with E-state index in [1.807, 2.05) is 31.5 Å². The van der Waals surface area contributed by atoms with Gasteiger partial charge in [0.15, 0.2) is 0 Å². The number of hydrogen-bond acceptors (Lipinski definition) is 6. The SMILES string of the molecule is Cc1nn(C(C)C)c2c(NCC(=N)/C=C\N)cc(-c3ccc[nH]c3=O)nc12. The third-order valence-electron chi connectivity index (χ3n) is 4.17. The van der Waals surface area contributed by atoms with Crippen LogP contribution < -0.4 is 16.6 Å². The van der Waals surface area contributed by atoms with Crippen molar-refractivity contribution in [3.8, 4) is 11.3 Å². The van der Waals surface area contributed by atoms with Crippen molar-refractivity contribution in [3.05, 3.63) is 52.7 Å². The number of nitrogens with zero attached hydrogens (tertiary/aromatic N) is 3. The fraction of sp³-hybridized carbons (Fsp3) is 0.263. The number of fused-ring (bicyclic) bond motifs is 1. The Balaban J connectivity index is 2.20. The number of pyridine rings is 2. The second-order valence-electron chi connectivity index (χ2n) is 6.53. The molecule has 0 bridgehead atoms. The van der Waals surface area contributed by atoms with Crippen LogP contribution in [0.4, 0.5) is 5.69 Å². The maximum atomic E-state index is 12.2. The van der Waals surface area contributed by atoms with Crippen molar-refractivity contribution in [1.29, 1.82) is 5.41 Å². The maximum absolute atomic E-state index is 12.2. The number of nitrogens with two attached hydrogens (primary N) is 1. The first kappa shape index (κ1) is 18.4. The smallest absolute Gasteiger partial charge is 0.257 e. The molecule has 3 aromatic heterocycles. The van der Waals surface area contributed by atoms with Crippen molar-refractivity contribution in [2.45, 2.75) is 26.8 Å². The summed E-state index contributed by atoms with van der Waals surface area (Å²) < 4.78 is 1.90. The van der Waals surface area contributed by atoms with Gasteiger partial charge in [-0.05, 0) is 51.2 Å². The second-order valence-corrected chi connectivity index (χ2v) is 6.53. The van der Waals surface area contributed by atoms with E-state index in [1.54, 1.807) is 18.3 Å². The summed E-state index contributed by atoms with van der Waals surface area (Å²) in [6, 6.07) is 5.46. The predicted octanol–water partition coefficient (Wildman–Crippen LogP) is 2.58. The van der Waals surface area contributed by atoms with E-state index >= 15 is 0 Å². The third kappa shape index (κ3) is 3.59. The molecular formula is C19H23N7O. The van der Waals surface area contributed by atoms with E-state index in [1.165, 1.54) is 12.3 Å².